The van der Waals surface area contributed by atoms with Crippen LogP contribution in [0.3, 0.4) is 0 Å². The van der Waals surface area contributed by atoms with Crippen LogP contribution in [0.4, 0.5) is 0 Å². The van der Waals surface area contributed by atoms with Crippen molar-refractivity contribution in [2.45, 2.75) is 38.1 Å². The first kappa shape index (κ1) is 15.3. The summed E-state index contributed by atoms with van der Waals surface area (Å²) in [4.78, 5) is 14.9. The average molecular weight is 303 g/mol. The zero-order valence-corrected chi connectivity index (χ0v) is 13.3. The molecule has 1 aromatic carbocycles. The van der Waals surface area contributed by atoms with Crippen molar-refractivity contribution in [3.8, 4) is 5.75 Å². The fourth-order valence-electron chi connectivity index (χ4n) is 3.85. The first-order valence-electron chi connectivity index (χ1n) is 8.34. The van der Waals surface area contributed by atoms with E-state index in [2.05, 4.69) is 4.90 Å². The van der Waals surface area contributed by atoms with Crippen molar-refractivity contribution in [3.05, 3.63) is 29.8 Å². The maximum atomic E-state index is 12.3. The predicted molar refractivity (Wildman–Crippen MR) is 85.2 cm³/mol. The van der Waals surface area contributed by atoms with Crippen LogP contribution in [0.15, 0.2) is 24.3 Å². The normalized spacial score (nSPS) is 25.3. The molecule has 3 rings (SSSR count). The van der Waals surface area contributed by atoms with Crippen LogP contribution in [-0.4, -0.2) is 43.7 Å². The summed E-state index contributed by atoms with van der Waals surface area (Å²) in [7, 11) is 1.58. The zero-order valence-electron chi connectivity index (χ0n) is 13.3. The van der Waals surface area contributed by atoms with Gasteiger partial charge in [-0.1, -0.05) is 18.6 Å². The molecule has 2 aliphatic rings. The second-order valence-corrected chi connectivity index (χ2v) is 6.30. The van der Waals surface area contributed by atoms with E-state index < -0.39 is 0 Å². The number of fused-ring (bicyclic) bond motifs is 1. The van der Waals surface area contributed by atoms with Gasteiger partial charge < -0.3 is 9.47 Å². The van der Waals surface area contributed by atoms with E-state index >= 15 is 0 Å². The molecule has 0 spiro atoms. The number of carbonyl (C=O) groups excluding carboxylic acids is 1. The van der Waals surface area contributed by atoms with Crippen molar-refractivity contribution >= 4 is 5.97 Å². The summed E-state index contributed by atoms with van der Waals surface area (Å²) in [5, 5.41) is 0. The molecule has 0 aromatic heterocycles. The SMILES string of the molecule is COc1ccccc1C(=O)OC[C@H]1CCCN2CCCC[C@H]12. The fraction of sp³-hybridized carbons (Fsp3) is 0.611. The van der Waals surface area contributed by atoms with Gasteiger partial charge in [0.05, 0.1) is 13.7 Å². The molecule has 2 aliphatic heterocycles. The van der Waals surface area contributed by atoms with Gasteiger partial charge in [-0.15, -0.1) is 0 Å². The Morgan fingerprint density at radius 3 is 2.86 bits per heavy atom. The molecule has 2 fully saturated rings. The van der Waals surface area contributed by atoms with E-state index in [1.54, 1.807) is 19.2 Å². The van der Waals surface area contributed by atoms with Gasteiger partial charge in [0.25, 0.3) is 0 Å². The number of benzene rings is 1. The van der Waals surface area contributed by atoms with Crippen molar-refractivity contribution in [1.82, 2.24) is 4.90 Å². The van der Waals surface area contributed by atoms with E-state index in [0.717, 1.165) is 0 Å². The van der Waals surface area contributed by atoms with Crippen LogP contribution >= 0.6 is 0 Å². The van der Waals surface area contributed by atoms with Crippen LogP contribution in [0.5, 0.6) is 5.75 Å². The first-order chi connectivity index (χ1) is 10.8. The van der Waals surface area contributed by atoms with Crippen molar-refractivity contribution < 1.29 is 14.3 Å². The van der Waals surface area contributed by atoms with Crippen LogP contribution in [0.2, 0.25) is 0 Å². The van der Waals surface area contributed by atoms with Gasteiger partial charge in [-0.3, -0.25) is 4.90 Å². The molecular formula is C18H25NO3. The predicted octanol–water partition coefficient (Wildman–Crippen LogP) is 3.12. The Labute approximate surface area is 132 Å². The number of carbonyl (C=O) groups is 1. The van der Waals surface area contributed by atoms with Crippen LogP contribution in [-0.2, 0) is 4.74 Å². The number of ether oxygens (including phenoxy) is 2. The third-order valence-electron chi connectivity index (χ3n) is 4.98. The van der Waals surface area contributed by atoms with Crippen LogP contribution < -0.4 is 4.74 Å². The number of nitrogens with zero attached hydrogens (tertiary/aromatic N) is 1. The zero-order chi connectivity index (χ0) is 15.4. The average Bonchev–Trinajstić information content (AvgIpc) is 2.59. The maximum Gasteiger partial charge on any atom is 0.341 e. The fourth-order valence-corrected chi connectivity index (χ4v) is 3.85. The summed E-state index contributed by atoms with van der Waals surface area (Å²) < 4.78 is 10.8. The van der Waals surface area contributed by atoms with Gasteiger partial charge in [-0.2, -0.15) is 0 Å². The smallest absolute Gasteiger partial charge is 0.341 e. The Kier molecular flexibility index (Phi) is 4.98. The highest BCUT2D eigenvalue weighted by atomic mass is 16.5. The van der Waals surface area contributed by atoms with Crippen molar-refractivity contribution in [2.24, 2.45) is 5.92 Å². The minimum absolute atomic E-state index is 0.273. The van der Waals surface area contributed by atoms with Crippen molar-refractivity contribution in [3.63, 3.8) is 0 Å². The summed E-state index contributed by atoms with van der Waals surface area (Å²) in [5.74, 6) is 0.786. The van der Waals surface area contributed by atoms with E-state index in [1.165, 1.54) is 45.2 Å². The van der Waals surface area contributed by atoms with Crippen LogP contribution in [0.25, 0.3) is 0 Å². The number of esters is 1. The lowest BCUT2D eigenvalue weighted by molar-refractivity contribution is 0.00722. The molecule has 2 heterocycles. The second kappa shape index (κ2) is 7.14. The van der Waals surface area contributed by atoms with E-state index in [1.807, 2.05) is 12.1 Å². The third-order valence-corrected chi connectivity index (χ3v) is 4.98. The molecule has 2 atom stereocenters. The molecule has 2 saturated heterocycles. The molecule has 0 saturated carbocycles. The largest absolute Gasteiger partial charge is 0.496 e. The summed E-state index contributed by atoms with van der Waals surface area (Å²) in [6, 6.07) is 7.85. The molecular weight excluding hydrogens is 278 g/mol. The number of hydrogen-bond donors (Lipinski definition) is 0. The van der Waals surface area contributed by atoms with E-state index in [4.69, 9.17) is 9.47 Å². The molecule has 0 radical (unpaired) electrons. The number of rotatable bonds is 4. The number of piperidine rings is 2. The Balaban J connectivity index is 1.60. The van der Waals surface area contributed by atoms with Crippen molar-refractivity contribution in [2.75, 3.05) is 26.8 Å². The highest BCUT2D eigenvalue weighted by Crippen LogP contribution is 2.31. The van der Waals surface area contributed by atoms with Crippen LogP contribution in [0, 0.1) is 5.92 Å². The number of methoxy groups -OCH3 is 1. The molecule has 0 aliphatic carbocycles. The Morgan fingerprint density at radius 1 is 1.18 bits per heavy atom. The lowest BCUT2D eigenvalue weighted by Gasteiger charge is -2.44. The summed E-state index contributed by atoms with van der Waals surface area (Å²) in [5.41, 5.74) is 0.515. The summed E-state index contributed by atoms with van der Waals surface area (Å²) in [6.07, 6.45) is 6.24. The van der Waals surface area contributed by atoms with Gasteiger partial charge in [0.1, 0.15) is 11.3 Å². The van der Waals surface area contributed by atoms with Gasteiger partial charge in [0.2, 0.25) is 0 Å². The van der Waals surface area contributed by atoms with Gasteiger partial charge >= 0.3 is 5.97 Å². The Morgan fingerprint density at radius 2 is 2.00 bits per heavy atom. The van der Waals surface area contributed by atoms with Crippen molar-refractivity contribution in [1.29, 1.82) is 0 Å². The minimum Gasteiger partial charge on any atom is -0.496 e. The summed E-state index contributed by atoms with van der Waals surface area (Å²) in [6.45, 7) is 2.95. The van der Waals surface area contributed by atoms with Gasteiger partial charge in [-0.05, 0) is 50.9 Å². The van der Waals surface area contributed by atoms with E-state index in [0.29, 0.717) is 29.9 Å². The molecule has 120 valence electrons. The molecule has 0 unspecified atom stereocenters. The molecule has 0 amide bonds. The maximum absolute atomic E-state index is 12.3. The third kappa shape index (κ3) is 3.27. The number of hydrogen-bond acceptors (Lipinski definition) is 4. The van der Waals surface area contributed by atoms with E-state index in [9.17, 15) is 4.79 Å². The number of para-hydroxylation sites is 1. The highest BCUT2D eigenvalue weighted by Gasteiger charge is 2.33. The second-order valence-electron chi connectivity index (χ2n) is 6.30. The Bertz CT molecular complexity index is 515. The highest BCUT2D eigenvalue weighted by molar-refractivity contribution is 5.92. The van der Waals surface area contributed by atoms with Gasteiger partial charge in [0.15, 0.2) is 0 Å². The molecule has 4 heteroatoms. The van der Waals surface area contributed by atoms with E-state index in [-0.39, 0.29) is 5.97 Å². The van der Waals surface area contributed by atoms with Gasteiger partial charge in [0, 0.05) is 12.0 Å². The molecule has 0 N–H and O–H groups in total. The lowest BCUT2D eigenvalue weighted by Crippen LogP contribution is -2.49. The Hall–Kier alpha value is -1.55. The molecule has 4 nitrogen and oxygen atoms in total. The quantitative estimate of drug-likeness (QED) is 0.801. The topological polar surface area (TPSA) is 38.8 Å². The monoisotopic (exact) mass is 303 g/mol. The first-order valence-corrected chi connectivity index (χ1v) is 8.34. The minimum atomic E-state index is -0.273. The molecule has 22 heavy (non-hydrogen) atoms. The lowest BCUT2D eigenvalue weighted by atomic mass is 9.84. The van der Waals surface area contributed by atoms with Gasteiger partial charge in [-0.25, -0.2) is 4.79 Å². The molecule has 0 bridgehead atoms. The standard InChI is InChI=1S/C18H25NO3/c1-21-17-10-3-2-8-15(17)18(20)22-13-14-7-6-12-19-11-5-4-9-16(14)19/h2-3,8,10,14,16H,4-7,9,11-13H2,1H3/t14-,16-/m1/s1. The van der Waals surface area contributed by atoms with Crippen LogP contribution in [0.1, 0.15) is 42.5 Å². The summed E-state index contributed by atoms with van der Waals surface area (Å²) >= 11 is 0. The molecule has 1 aromatic rings.